The molecule has 2 aromatic carbocycles. The number of carbonyl (C=O) groups is 2. The van der Waals surface area contributed by atoms with Gasteiger partial charge in [0.1, 0.15) is 5.75 Å². The monoisotopic (exact) mass is 353 g/mol. The summed E-state index contributed by atoms with van der Waals surface area (Å²) in [5.74, 6) is -0.218. The van der Waals surface area contributed by atoms with Crippen LogP contribution in [0.15, 0.2) is 42.5 Å². The lowest BCUT2D eigenvalue weighted by Gasteiger charge is -2.26. The fraction of sp³-hybridized carbons (Fsp3) is 0.333. The molecular formula is C21H23NO4. The van der Waals surface area contributed by atoms with Crippen molar-refractivity contribution in [3.8, 4) is 5.75 Å². The van der Waals surface area contributed by atoms with Crippen LogP contribution in [0.2, 0.25) is 0 Å². The van der Waals surface area contributed by atoms with Crippen LogP contribution >= 0.6 is 0 Å². The fourth-order valence-corrected chi connectivity index (χ4v) is 3.30. The molecule has 1 N–H and O–H groups in total. The van der Waals surface area contributed by atoms with E-state index >= 15 is 0 Å². The van der Waals surface area contributed by atoms with Crippen LogP contribution in [0.3, 0.4) is 0 Å². The maximum atomic E-state index is 12.2. The van der Waals surface area contributed by atoms with Crippen molar-refractivity contribution in [2.45, 2.75) is 32.2 Å². The first kappa shape index (κ1) is 18.0. The van der Waals surface area contributed by atoms with E-state index in [1.807, 2.05) is 25.1 Å². The Bertz CT molecular complexity index is 815. The van der Waals surface area contributed by atoms with Crippen LogP contribution in [-0.2, 0) is 16.0 Å². The molecule has 1 aliphatic carbocycles. The summed E-state index contributed by atoms with van der Waals surface area (Å²) < 4.78 is 10.4. The summed E-state index contributed by atoms with van der Waals surface area (Å²) in [6.07, 6.45) is 2.96. The number of hydrogen-bond donors (Lipinski definition) is 1. The Kier molecular flexibility index (Phi) is 5.56. The molecule has 0 saturated heterocycles. The molecule has 0 radical (unpaired) electrons. The van der Waals surface area contributed by atoms with E-state index in [0.717, 1.165) is 30.4 Å². The number of methoxy groups -OCH3 is 1. The fourth-order valence-electron chi connectivity index (χ4n) is 3.30. The van der Waals surface area contributed by atoms with E-state index in [0.29, 0.717) is 11.3 Å². The van der Waals surface area contributed by atoms with Gasteiger partial charge in [0.15, 0.2) is 6.61 Å². The summed E-state index contributed by atoms with van der Waals surface area (Å²) in [6, 6.07) is 13.2. The van der Waals surface area contributed by atoms with Gasteiger partial charge in [-0.25, -0.2) is 4.79 Å². The van der Waals surface area contributed by atoms with E-state index in [4.69, 9.17) is 9.47 Å². The van der Waals surface area contributed by atoms with Crippen LogP contribution in [0.5, 0.6) is 5.75 Å². The predicted molar refractivity (Wildman–Crippen MR) is 98.3 cm³/mol. The van der Waals surface area contributed by atoms with E-state index < -0.39 is 5.97 Å². The van der Waals surface area contributed by atoms with Crippen LogP contribution in [0.25, 0.3) is 0 Å². The Morgan fingerprint density at radius 1 is 1.19 bits per heavy atom. The Hall–Kier alpha value is -2.82. The van der Waals surface area contributed by atoms with Crippen molar-refractivity contribution >= 4 is 11.9 Å². The average Bonchev–Trinajstić information content (AvgIpc) is 2.67. The number of amides is 1. The highest BCUT2D eigenvalue weighted by atomic mass is 16.5. The average molecular weight is 353 g/mol. The molecule has 1 amide bonds. The smallest absolute Gasteiger partial charge is 0.338 e. The lowest BCUT2D eigenvalue weighted by molar-refractivity contribution is -0.125. The van der Waals surface area contributed by atoms with E-state index in [9.17, 15) is 9.59 Å². The number of rotatable bonds is 5. The number of esters is 1. The Morgan fingerprint density at radius 2 is 2.00 bits per heavy atom. The van der Waals surface area contributed by atoms with Crippen LogP contribution in [0, 0.1) is 6.92 Å². The molecule has 1 aliphatic rings. The topological polar surface area (TPSA) is 64.6 Å². The van der Waals surface area contributed by atoms with Crippen molar-refractivity contribution < 1.29 is 19.1 Å². The Morgan fingerprint density at radius 3 is 2.81 bits per heavy atom. The molecular weight excluding hydrogens is 330 g/mol. The lowest BCUT2D eigenvalue weighted by atomic mass is 9.88. The van der Waals surface area contributed by atoms with Crippen LogP contribution in [0.4, 0.5) is 0 Å². The van der Waals surface area contributed by atoms with Crippen LogP contribution < -0.4 is 10.1 Å². The number of nitrogens with one attached hydrogen (secondary N) is 1. The molecule has 0 bridgehead atoms. The summed E-state index contributed by atoms with van der Waals surface area (Å²) in [5.41, 5.74) is 3.72. The molecule has 0 spiro atoms. The maximum absolute atomic E-state index is 12.2. The third-order valence-corrected chi connectivity index (χ3v) is 4.68. The molecule has 0 heterocycles. The minimum Gasteiger partial charge on any atom is -0.496 e. The molecule has 136 valence electrons. The van der Waals surface area contributed by atoms with E-state index in [1.54, 1.807) is 25.3 Å². The van der Waals surface area contributed by atoms with Gasteiger partial charge in [-0.2, -0.15) is 0 Å². The predicted octanol–water partition coefficient (Wildman–Crippen LogP) is 3.35. The number of ether oxygens (including phenoxy) is 2. The number of benzene rings is 2. The Balaban J connectivity index is 1.57. The van der Waals surface area contributed by atoms with Gasteiger partial charge in [-0.05, 0) is 55.0 Å². The molecule has 0 unspecified atom stereocenters. The standard InChI is InChI=1S/C21H23NO4/c1-14-10-11-16(12-19(14)25-2)21(24)26-13-20(23)22-18-9-5-7-15-6-3-4-8-17(15)18/h3-4,6,8,10-12,18H,5,7,9,13H2,1-2H3,(H,22,23)/t18-/m0/s1. The molecule has 0 saturated carbocycles. The molecule has 26 heavy (non-hydrogen) atoms. The quantitative estimate of drug-likeness (QED) is 0.837. The van der Waals surface area contributed by atoms with Crippen molar-refractivity contribution in [2.75, 3.05) is 13.7 Å². The number of carbonyl (C=O) groups excluding carboxylic acids is 2. The van der Waals surface area contributed by atoms with Gasteiger partial charge in [-0.1, -0.05) is 30.3 Å². The second-order valence-electron chi connectivity index (χ2n) is 6.47. The van der Waals surface area contributed by atoms with Crippen molar-refractivity contribution in [1.29, 1.82) is 0 Å². The van der Waals surface area contributed by atoms with Gasteiger partial charge in [0.25, 0.3) is 5.91 Å². The third-order valence-electron chi connectivity index (χ3n) is 4.68. The van der Waals surface area contributed by atoms with Gasteiger partial charge in [-0.15, -0.1) is 0 Å². The summed E-state index contributed by atoms with van der Waals surface area (Å²) >= 11 is 0. The highest BCUT2D eigenvalue weighted by molar-refractivity contribution is 5.91. The zero-order valence-corrected chi connectivity index (χ0v) is 15.1. The van der Waals surface area contributed by atoms with E-state index in [2.05, 4.69) is 11.4 Å². The highest BCUT2D eigenvalue weighted by Gasteiger charge is 2.22. The van der Waals surface area contributed by atoms with Crippen molar-refractivity contribution in [1.82, 2.24) is 5.32 Å². The summed E-state index contributed by atoms with van der Waals surface area (Å²) in [7, 11) is 1.55. The summed E-state index contributed by atoms with van der Waals surface area (Å²) in [5, 5.41) is 2.97. The molecule has 0 aromatic heterocycles. The second-order valence-corrected chi connectivity index (χ2v) is 6.47. The molecule has 0 fully saturated rings. The number of fused-ring (bicyclic) bond motifs is 1. The largest absolute Gasteiger partial charge is 0.496 e. The molecule has 1 atom stereocenters. The zero-order valence-electron chi connectivity index (χ0n) is 15.1. The molecule has 2 aromatic rings. The maximum Gasteiger partial charge on any atom is 0.338 e. The van der Waals surface area contributed by atoms with Crippen LogP contribution in [0.1, 0.15) is 45.9 Å². The molecule has 3 rings (SSSR count). The van der Waals surface area contributed by atoms with Crippen molar-refractivity contribution in [3.05, 3.63) is 64.7 Å². The highest BCUT2D eigenvalue weighted by Crippen LogP contribution is 2.29. The van der Waals surface area contributed by atoms with E-state index in [1.165, 1.54) is 5.56 Å². The Labute approximate surface area is 153 Å². The van der Waals surface area contributed by atoms with Crippen molar-refractivity contribution in [2.24, 2.45) is 0 Å². The summed E-state index contributed by atoms with van der Waals surface area (Å²) in [4.78, 5) is 24.4. The van der Waals surface area contributed by atoms with Gasteiger partial charge < -0.3 is 14.8 Å². The van der Waals surface area contributed by atoms with Gasteiger partial charge in [0.05, 0.1) is 18.7 Å². The lowest BCUT2D eigenvalue weighted by Crippen LogP contribution is -2.34. The summed E-state index contributed by atoms with van der Waals surface area (Å²) in [6.45, 7) is 1.59. The number of aryl methyl sites for hydroxylation is 2. The van der Waals surface area contributed by atoms with Gasteiger partial charge in [-0.3, -0.25) is 4.79 Å². The first-order chi connectivity index (χ1) is 12.6. The first-order valence-corrected chi connectivity index (χ1v) is 8.77. The van der Waals surface area contributed by atoms with E-state index in [-0.39, 0.29) is 18.6 Å². The molecule has 5 nitrogen and oxygen atoms in total. The number of hydrogen-bond acceptors (Lipinski definition) is 4. The van der Waals surface area contributed by atoms with Gasteiger partial charge in [0, 0.05) is 0 Å². The second kappa shape index (κ2) is 8.04. The third kappa shape index (κ3) is 4.04. The minimum atomic E-state index is -0.539. The van der Waals surface area contributed by atoms with Crippen molar-refractivity contribution in [3.63, 3.8) is 0 Å². The molecule has 0 aliphatic heterocycles. The van der Waals surface area contributed by atoms with Gasteiger partial charge in [0.2, 0.25) is 0 Å². The normalized spacial score (nSPS) is 15.7. The first-order valence-electron chi connectivity index (χ1n) is 8.77. The minimum absolute atomic E-state index is 0.0226. The molecule has 5 heteroatoms. The van der Waals surface area contributed by atoms with Gasteiger partial charge >= 0.3 is 5.97 Å². The van der Waals surface area contributed by atoms with Crippen LogP contribution in [-0.4, -0.2) is 25.6 Å². The SMILES string of the molecule is COc1cc(C(=O)OCC(=O)N[C@H]2CCCc3ccccc32)ccc1C. The zero-order chi connectivity index (χ0) is 18.5.